The van der Waals surface area contributed by atoms with E-state index in [1.54, 1.807) is 30.2 Å². The van der Waals surface area contributed by atoms with Crippen molar-refractivity contribution in [3.8, 4) is 5.75 Å². The number of piperidine rings is 1. The van der Waals surface area contributed by atoms with Crippen LogP contribution in [-0.4, -0.2) is 36.0 Å². The summed E-state index contributed by atoms with van der Waals surface area (Å²) in [5.74, 6) is 0.538. The van der Waals surface area contributed by atoms with Crippen molar-refractivity contribution < 1.29 is 13.9 Å². The predicted molar refractivity (Wildman–Crippen MR) is 99.1 cm³/mol. The predicted octanol–water partition coefficient (Wildman–Crippen LogP) is 4.34. The molecule has 0 spiro atoms. The molecule has 0 bridgehead atoms. The van der Waals surface area contributed by atoms with E-state index >= 15 is 0 Å². The third-order valence-electron chi connectivity index (χ3n) is 5.25. The van der Waals surface area contributed by atoms with Gasteiger partial charge in [0.05, 0.1) is 12.7 Å². The van der Waals surface area contributed by atoms with Crippen LogP contribution in [0.4, 0.5) is 4.39 Å². The first-order valence-electron chi connectivity index (χ1n) is 8.86. The number of hydrogen-bond acceptors (Lipinski definition) is 2. The van der Waals surface area contributed by atoms with E-state index in [4.69, 9.17) is 4.74 Å². The van der Waals surface area contributed by atoms with Gasteiger partial charge in [-0.3, -0.25) is 4.79 Å². The molecule has 5 heteroatoms. The monoisotopic (exact) mass is 352 g/mol. The van der Waals surface area contributed by atoms with Gasteiger partial charge in [-0.15, -0.1) is 0 Å². The Balaban J connectivity index is 1.50. The first kappa shape index (κ1) is 16.6. The van der Waals surface area contributed by atoms with Gasteiger partial charge in [0.15, 0.2) is 0 Å². The summed E-state index contributed by atoms with van der Waals surface area (Å²) in [6, 6.07) is 12.2. The van der Waals surface area contributed by atoms with E-state index < -0.39 is 5.82 Å². The van der Waals surface area contributed by atoms with Crippen molar-refractivity contribution in [2.24, 2.45) is 0 Å². The number of aromatic nitrogens is 1. The number of halogens is 1. The Morgan fingerprint density at radius 3 is 2.69 bits per heavy atom. The average Bonchev–Trinajstić information content (AvgIpc) is 3.11. The lowest BCUT2D eigenvalue weighted by Crippen LogP contribution is -2.38. The molecule has 0 aliphatic carbocycles. The largest absolute Gasteiger partial charge is 0.497 e. The van der Waals surface area contributed by atoms with Crippen molar-refractivity contribution in [1.29, 1.82) is 0 Å². The fraction of sp³-hybridized carbons (Fsp3) is 0.286. The van der Waals surface area contributed by atoms with Gasteiger partial charge in [0.1, 0.15) is 11.6 Å². The molecule has 1 N–H and O–H groups in total. The SMILES string of the molecule is COc1ccc2[nH]cc(C3CCN(C(=O)c4ccccc4F)CC3)c2c1. The number of benzene rings is 2. The Kier molecular flexibility index (Phi) is 4.37. The van der Waals surface area contributed by atoms with Gasteiger partial charge >= 0.3 is 0 Å². The number of nitrogens with zero attached hydrogens (tertiary/aromatic N) is 1. The van der Waals surface area contributed by atoms with E-state index in [-0.39, 0.29) is 11.5 Å². The second kappa shape index (κ2) is 6.83. The molecule has 0 saturated carbocycles. The minimum Gasteiger partial charge on any atom is -0.497 e. The highest BCUT2D eigenvalue weighted by molar-refractivity contribution is 5.94. The average molecular weight is 352 g/mol. The van der Waals surface area contributed by atoms with Crippen molar-refractivity contribution in [2.75, 3.05) is 20.2 Å². The molecule has 0 radical (unpaired) electrons. The molecule has 1 saturated heterocycles. The van der Waals surface area contributed by atoms with Crippen LogP contribution in [0.1, 0.15) is 34.7 Å². The fourth-order valence-corrected chi connectivity index (χ4v) is 3.78. The van der Waals surface area contributed by atoms with Crippen LogP contribution in [0.5, 0.6) is 5.75 Å². The first-order valence-corrected chi connectivity index (χ1v) is 8.86. The normalized spacial score (nSPS) is 15.4. The number of nitrogens with one attached hydrogen (secondary N) is 1. The summed E-state index contributed by atoms with van der Waals surface area (Å²) in [5, 5.41) is 1.17. The summed E-state index contributed by atoms with van der Waals surface area (Å²) in [6.07, 6.45) is 3.79. The molecule has 1 aliphatic rings. The smallest absolute Gasteiger partial charge is 0.256 e. The van der Waals surface area contributed by atoms with E-state index in [1.807, 2.05) is 12.1 Å². The van der Waals surface area contributed by atoms with E-state index in [2.05, 4.69) is 17.2 Å². The van der Waals surface area contributed by atoms with Crippen LogP contribution in [-0.2, 0) is 0 Å². The van der Waals surface area contributed by atoms with Crippen LogP contribution in [0.2, 0.25) is 0 Å². The Morgan fingerprint density at radius 1 is 1.19 bits per heavy atom. The van der Waals surface area contributed by atoms with Gasteiger partial charge in [-0.2, -0.15) is 0 Å². The van der Waals surface area contributed by atoms with Crippen LogP contribution in [0.3, 0.4) is 0 Å². The molecule has 0 atom stereocenters. The number of methoxy groups -OCH3 is 1. The Morgan fingerprint density at radius 2 is 1.96 bits per heavy atom. The maximum atomic E-state index is 13.9. The molecular formula is C21H21FN2O2. The van der Waals surface area contributed by atoms with Crippen molar-refractivity contribution in [3.63, 3.8) is 0 Å². The maximum Gasteiger partial charge on any atom is 0.256 e. The number of carbonyl (C=O) groups excluding carboxylic acids is 1. The number of likely N-dealkylation sites (tertiary alicyclic amines) is 1. The fourth-order valence-electron chi connectivity index (χ4n) is 3.78. The lowest BCUT2D eigenvalue weighted by molar-refractivity contribution is 0.0708. The van der Waals surface area contributed by atoms with Gasteiger partial charge < -0.3 is 14.6 Å². The number of carbonyl (C=O) groups is 1. The molecule has 1 fully saturated rings. The number of hydrogen-bond donors (Lipinski definition) is 1. The molecule has 2 aromatic carbocycles. The molecular weight excluding hydrogens is 331 g/mol. The zero-order valence-electron chi connectivity index (χ0n) is 14.7. The van der Waals surface area contributed by atoms with Crippen molar-refractivity contribution >= 4 is 16.8 Å². The van der Waals surface area contributed by atoms with Crippen LogP contribution in [0.15, 0.2) is 48.7 Å². The molecule has 0 unspecified atom stereocenters. The van der Waals surface area contributed by atoms with Crippen molar-refractivity contribution in [3.05, 3.63) is 65.6 Å². The number of rotatable bonds is 3. The number of H-pyrrole nitrogens is 1. The molecule has 1 aliphatic heterocycles. The Bertz CT molecular complexity index is 942. The van der Waals surface area contributed by atoms with Gasteiger partial charge in [0.2, 0.25) is 0 Å². The van der Waals surface area contributed by atoms with Crippen LogP contribution >= 0.6 is 0 Å². The lowest BCUT2D eigenvalue weighted by atomic mass is 9.89. The van der Waals surface area contributed by atoms with Crippen LogP contribution in [0.25, 0.3) is 10.9 Å². The van der Waals surface area contributed by atoms with Gasteiger partial charge in [0, 0.05) is 30.2 Å². The zero-order chi connectivity index (χ0) is 18.1. The van der Waals surface area contributed by atoms with Crippen LogP contribution < -0.4 is 4.74 Å². The number of aromatic amines is 1. The number of fused-ring (bicyclic) bond motifs is 1. The van der Waals surface area contributed by atoms with Gasteiger partial charge in [-0.1, -0.05) is 12.1 Å². The van der Waals surface area contributed by atoms with Crippen molar-refractivity contribution in [1.82, 2.24) is 9.88 Å². The number of amides is 1. The summed E-state index contributed by atoms with van der Waals surface area (Å²) in [5.41, 5.74) is 2.50. The minimum absolute atomic E-state index is 0.155. The summed E-state index contributed by atoms with van der Waals surface area (Å²) >= 11 is 0. The molecule has 4 rings (SSSR count). The number of ether oxygens (including phenoxy) is 1. The summed E-state index contributed by atoms with van der Waals surface area (Å²) in [6.45, 7) is 1.27. The summed E-state index contributed by atoms with van der Waals surface area (Å²) in [7, 11) is 1.67. The van der Waals surface area contributed by atoms with Crippen molar-refractivity contribution in [2.45, 2.75) is 18.8 Å². The minimum atomic E-state index is -0.455. The molecule has 26 heavy (non-hydrogen) atoms. The van der Waals surface area contributed by atoms with E-state index in [0.29, 0.717) is 19.0 Å². The third-order valence-corrected chi connectivity index (χ3v) is 5.25. The second-order valence-corrected chi connectivity index (χ2v) is 6.70. The standard InChI is InChI=1S/C21H21FN2O2/c1-26-15-6-7-20-17(12-15)18(13-23-20)14-8-10-24(11-9-14)21(25)16-4-2-3-5-19(16)22/h2-7,12-14,23H,8-11H2,1H3. The van der Waals surface area contributed by atoms with Gasteiger partial charge in [-0.05, 0) is 54.7 Å². The highest BCUT2D eigenvalue weighted by Gasteiger charge is 2.27. The van der Waals surface area contributed by atoms with E-state index in [1.165, 1.54) is 17.0 Å². The van der Waals surface area contributed by atoms with Gasteiger partial charge in [-0.25, -0.2) is 4.39 Å². The molecule has 4 nitrogen and oxygen atoms in total. The van der Waals surface area contributed by atoms with Gasteiger partial charge in [0.25, 0.3) is 5.91 Å². The molecule has 1 amide bonds. The zero-order valence-corrected chi connectivity index (χ0v) is 14.7. The summed E-state index contributed by atoms with van der Waals surface area (Å²) in [4.78, 5) is 17.6. The molecule has 3 aromatic rings. The first-order chi connectivity index (χ1) is 12.7. The van der Waals surface area contributed by atoms with Crippen LogP contribution in [0, 0.1) is 5.82 Å². The second-order valence-electron chi connectivity index (χ2n) is 6.70. The maximum absolute atomic E-state index is 13.9. The Labute approximate surface area is 151 Å². The molecule has 2 heterocycles. The molecule has 134 valence electrons. The molecule has 1 aromatic heterocycles. The Hall–Kier alpha value is -2.82. The third kappa shape index (κ3) is 2.94. The highest BCUT2D eigenvalue weighted by Crippen LogP contribution is 2.35. The van der Waals surface area contributed by atoms with E-state index in [0.717, 1.165) is 24.1 Å². The summed E-state index contributed by atoms with van der Waals surface area (Å²) < 4.78 is 19.2. The lowest BCUT2D eigenvalue weighted by Gasteiger charge is -2.32. The highest BCUT2D eigenvalue weighted by atomic mass is 19.1. The quantitative estimate of drug-likeness (QED) is 0.762. The van der Waals surface area contributed by atoms with E-state index in [9.17, 15) is 9.18 Å². The topological polar surface area (TPSA) is 45.3 Å².